The molecular formula is C43H53N7O10. The molecular weight excluding hydrogens is 775 g/mol. The second kappa shape index (κ2) is 19.4. The first-order valence-corrected chi connectivity index (χ1v) is 19.6. The highest BCUT2D eigenvalue weighted by molar-refractivity contribution is 5.98. The minimum absolute atomic E-state index is 0.0134. The number of hydrogen-bond donors (Lipinski definition) is 4. The Hall–Kier alpha value is -6.65. The van der Waals surface area contributed by atoms with Crippen molar-refractivity contribution >= 4 is 41.4 Å². The number of rotatable bonds is 7. The second-order valence-electron chi connectivity index (χ2n) is 15.1. The van der Waals surface area contributed by atoms with Gasteiger partial charge in [-0.2, -0.15) is 0 Å². The fourth-order valence-electron chi connectivity index (χ4n) is 7.21. The number of fused-ring (bicyclic) bond motifs is 2. The van der Waals surface area contributed by atoms with Crippen LogP contribution in [0.25, 0.3) is 0 Å². The molecule has 3 aliphatic rings. The first kappa shape index (κ1) is 44.5. The average Bonchev–Trinajstić information content (AvgIpc) is 3.23. The Balaban J connectivity index is 1.61. The Bertz CT molecular complexity index is 2090. The number of likely N-dealkylation sites (N-methyl/N-ethyl adjacent to an activating group) is 3. The van der Waals surface area contributed by atoms with Gasteiger partial charge in [0.15, 0.2) is 11.5 Å². The lowest BCUT2D eigenvalue weighted by molar-refractivity contribution is -0.149. The van der Waals surface area contributed by atoms with Gasteiger partial charge >= 0.3 is 0 Å². The average molecular weight is 828 g/mol. The van der Waals surface area contributed by atoms with Gasteiger partial charge in [0.2, 0.25) is 41.4 Å². The van der Waals surface area contributed by atoms with Gasteiger partial charge in [0.25, 0.3) is 0 Å². The summed E-state index contributed by atoms with van der Waals surface area (Å²) in [6.45, 7) is 2.88. The Labute approximate surface area is 348 Å². The van der Waals surface area contributed by atoms with Gasteiger partial charge in [-0.15, -0.1) is 0 Å². The lowest BCUT2D eigenvalue weighted by Gasteiger charge is -2.37. The van der Waals surface area contributed by atoms with Crippen LogP contribution in [-0.4, -0.2) is 128 Å². The van der Waals surface area contributed by atoms with Crippen LogP contribution in [0.15, 0.2) is 66.7 Å². The third-order valence-corrected chi connectivity index (χ3v) is 10.9. The van der Waals surface area contributed by atoms with Gasteiger partial charge in [-0.1, -0.05) is 30.3 Å². The van der Waals surface area contributed by atoms with Gasteiger partial charge in [-0.25, -0.2) is 0 Å². The molecule has 320 valence electrons. The number of nitrogens with one attached hydrogen (secondary N) is 3. The lowest BCUT2D eigenvalue weighted by atomic mass is 9.98. The van der Waals surface area contributed by atoms with Crippen LogP contribution >= 0.6 is 0 Å². The van der Waals surface area contributed by atoms with Gasteiger partial charge in [0.05, 0.1) is 14.2 Å². The number of ether oxygens (including phenoxy) is 3. The van der Waals surface area contributed by atoms with E-state index in [1.807, 2.05) is 0 Å². The number of methoxy groups -OCH3 is 2. The van der Waals surface area contributed by atoms with Gasteiger partial charge in [0.1, 0.15) is 47.8 Å². The summed E-state index contributed by atoms with van der Waals surface area (Å²) in [6.07, 6.45) is -0.533. The maximum absolute atomic E-state index is 14.7. The normalized spacial score (nSPS) is 23.4. The number of primary amides is 1. The molecule has 5 N–H and O–H groups in total. The highest BCUT2D eigenvalue weighted by atomic mass is 16.5. The summed E-state index contributed by atoms with van der Waals surface area (Å²) in [4.78, 5) is 101. The van der Waals surface area contributed by atoms with E-state index in [9.17, 15) is 33.6 Å². The number of carbonyl (C=O) groups is 7. The fraction of sp³-hybridized carbons (Fsp3) is 0.419. The van der Waals surface area contributed by atoms with Crippen LogP contribution in [0.1, 0.15) is 43.4 Å². The zero-order valence-electron chi connectivity index (χ0n) is 34.9. The zero-order chi connectivity index (χ0) is 43.8. The van der Waals surface area contributed by atoms with Crippen LogP contribution in [0.2, 0.25) is 0 Å². The SMILES string of the molecule is COc1ccc(CC2C(=O)NC(C)C(=O)N(C)C3Cc4ccc(cc4)Oc4cc(ccc4OC)CC(C(=O)NC(C)C(=O)NC(CCC(N)=O)C(=O)N2C)N(C)C3=O)cc1. The number of nitrogens with zero attached hydrogens (tertiary/aromatic N) is 3. The molecule has 0 radical (unpaired) electrons. The van der Waals surface area contributed by atoms with Gasteiger partial charge in [-0.05, 0) is 73.4 Å². The van der Waals surface area contributed by atoms with Gasteiger partial charge in [-0.3, -0.25) is 33.6 Å². The van der Waals surface area contributed by atoms with Crippen molar-refractivity contribution in [1.82, 2.24) is 30.7 Å². The quantitative estimate of drug-likeness (QED) is 0.266. The maximum Gasteiger partial charge on any atom is 0.246 e. The molecule has 1 fully saturated rings. The smallest absolute Gasteiger partial charge is 0.246 e. The highest BCUT2D eigenvalue weighted by Gasteiger charge is 2.40. The number of benzene rings is 3. The summed E-state index contributed by atoms with van der Waals surface area (Å²) in [7, 11) is 7.28. The van der Waals surface area contributed by atoms with Crippen molar-refractivity contribution in [3.8, 4) is 23.0 Å². The van der Waals surface area contributed by atoms with E-state index in [4.69, 9.17) is 19.9 Å². The van der Waals surface area contributed by atoms with Crippen molar-refractivity contribution in [3.05, 3.63) is 83.4 Å². The molecule has 6 atom stereocenters. The lowest BCUT2D eigenvalue weighted by Crippen LogP contribution is -2.62. The molecule has 0 spiro atoms. The van der Waals surface area contributed by atoms with Crippen LogP contribution in [0.3, 0.4) is 0 Å². The number of nitrogens with two attached hydrogens (primary N) is 1. The number of hydrogen-bond acceptors (Lipinski definition) is 10. The van der Waals surface area contributed by atoms with Crippen LogP contribution in [0, 0.1) is 0 Å². The molecule has 3 aliphatic heterocycles. The van der Waals surface area contributed by atoms with Crippen LogP contribution in [-0.2, 0) is 52.8 Å². The van der Waals surface area contributed by atoms with Gasteiger partial charge in [0, 0.05) is 46.8 Å². The molecule has 7 amide bonds. The van der Waals surface area contributed by atoms with Gasteiger partial charge < -0.3 is 50.6 Å². The summed E-state index contributed by atoms with van der Waals surface area (Å²) in [5.41, 5.74) is 7.35. The fourth-order valence-corrected chi connectivity index (χ4v) is 7.21. The molecule has 3 heterocycles. The molecule has 17 nitrogen and oxygen atoms in total. The highest BCUT2D eigenvalue weighted by Crippen LogP contribution is 2.34. The zero-order valence-corrected chi connectivity index (χ0v) is 34.9. The monoisotopic (exact) mass is 827 g/mol. The van der Waals surface area contributed by atoms with E-state index in [1.165, 1.54) is 59.0 Å². The van der Waals surface area contributed by atoms with E-state index >= 15 is 0 Å². The van der Waals surface area contributed by atoms with E-state index in [0.717, 1.165) is 4.90 Å². The van der Waals surface area contributed by atoms with Crippen molar-refractivity contribution in [2.45, 2.75) is 82.2 Å². The third kappa shape index (κ3) is 10.5. The van der Waals surface area contributed by atoms with Crippen molar-refractivity contribution < 1.29 is 47.8 Å². The standard InChI is InChI=1S/C43H53N7O10/c1-24-38(52)47-31(17-19-37(44)51)42(56)48(3)32(20-26-8-13-29(58-6)14-9-26)40(54)46-25(2)41(55)50(5)34-21-27-10-15-30(16-11-27)60-36-23-28(12-18-35(36)59-7)22-33(39(53)45-24)49(4)43(34)57/h8-16,18,23-25,31-34H,17,19-22H2,1-7H3,(H2,44,51)(H,45,53)(H,46,54)(H,47,52). The van der Waals surface area contributed by atoms with E-state index in [-0.39, 0.29) is 32.1 Å². The predicted octanol–water partition coefficient (Wildman–Crippen LogP) is 1.09. The Morgan fingerprint density at radius 2 is 1.32 bits per heavy atom. The molecule has 1 saturated heterocycles. The molecule has 60 heavy (non-hydrogen) atoms. The van der Waals surface area contributed by atoms with E-state index in [0.29, 0.717) is 39.7 Å². The first-order valence-electron chi connectivity index (χ1n) is 19.6. The first-order chi connectivity index (χ1) is 28.5. The minimum Gasteiger partial charge on any atom is -0.497 e. The number of carbonyl (C=O) groups excluding carboxylic acids is 7. The summed E-state index contributed by atoms with van der Waals surface area (Å²) in [5.74, 6) is -2.97. The Morgan fingerprint density at radius 1 is 0.700 bits per heavy atom. The van der Waals surface area contributed by atoms with Crippen LogP contribution in [0.5, 0.6) is 23.0 Å². The summed E-state index contributed by atoms with van der Waals surface area (Å²) in [5, 5.41) is 8.08. The van der Waals surface area contributed by atoms with E-state index in [1.54, 1.807) is 66.7 Å². The molecule has 3 aromatic carbocycles. The molecule has 6 rings (SSSR count). The molecule has 6 unspecified atom stereocenters. The number of amides is 7. The molecule has 6 bridgehead atoms. The molecule has 0 aliphatic carbocycles. The molecule has 0 aromatic heterocycles. The second-order valence-corrected chi connectivity index (χ2v) is 15.1. The molecule has 0 saturated carbocycles. The van der Waals surface area contributed by atoms with Crippen molar-refractivity contribution in [2.24, 2.45) is 5.73 Å². The van der Waals surface area contributed by atoms with Crippen LogP contribution in [0.4, 0.5) is 0 Å². The molecule has 17 heteroatoms. The largest absolute Gasteiger partial charge is 0.497 e. The topological polar surface area (TPSA) is 219 Å². The van der Waals surface area contributed by atoms with E-state index in [2.05, 4.69) is 16.0 Å². The van der Waals surface area contributed by atoms with Crippen molar-refractivity contribution in [1.29, 1.82) is 0 Å². The third-order valence-electron chi connectivity index (χ3n) is 10.9. The summed E-state index contributed by atoms with van der Waals surface area (Å²) < 4.78 is 17.0. The Kier molecular flexibility index (Phi) is 14.4. The van der Waals surface area contributed by atoms with Crippen molar-refractivity contribution in [3.63, 3.8) is 0 Å². The van der Waals surface area contributed by atoms with Crippen LogP contribution < -0.4 is 35.9 Å². The van der Waals surface area contributed by atoms with Crippen molar-refractivity contribution in [2.75, 3.05) is 35.4 Å². The molecule has 3 aromatic rings. The minimum atomic E-state index is -1.35. The maximum atomic E-state index is 14.7. The Morgan fingerprint density at radius 3 is 1.95 bits per heavy atom. The summed E-state index contributed by atoms with van der Waals surface area (Å²) >= 11 is 0. The van der Waals surface area contributed by atoms with E-state index < -0.39 is 77.6 Å². The summed E-state index contributed by atoms with van der Waals surface area (Å²) in [6, 6.07) is 11.5. The predicted molar refractivity (Wildman–Crippen MR) is 219 cm³/mol.